The first-order valence-electron chi connectivity index (χ1n) is 9.52. The van der Waals surface area contributed by atoms with Gasteiger partial charge < -0.3 is 19.8 Å². The summed E-state index contributed by atoms with van der Waals surface area (Å²) < 4.78 is 10.7. The number of thiazole rings is 1. The van der Waals surface area contributed by atoms with Crippen molar-refractivity contribution in [2.24, 2.45) is 0 Å². The Morgan fingerprint density at radius 3 is 3.10 bits per heavy atom. The second kappa shape index (κ2) is 9.59. The molecular formula is C21H18N4O4S2. The maximum Gasteiger partial charge on any atom is 0.407 e. The number of thiophene rings is 1. The van der Waals surface area contributed by atoms with Crippen molar-refractivity contribution in [3.8, 4) is 6.07 Å². The standard InChI is InChI=1S/C21H18N4O4S2/c22-11-16-15-5-3-14(29-21(27)24-12-19-23-7-9-30-19)10-17(15)31-20(16)25-18(26)6-4-13-2-1-8-28-13/h1-2,4,6-9,14H,3,5,10,12H2,(H,24,27)(H,25,26)/b6-4+. The number of ether oxygens (including phenoxy) is 1. The minimum absolute atomic E-state index is 0.281. The van der Waals surface area contributed by atoms with Crippen LogP contribution in [0.2, 0.25) is 0 Å². The molecule has 3 aromatic heterocycles. The maximum absolute atomic E-state index is 12.2. The number of carbonyl (C=O) groups is 2. The van der Waals surface area contributed by atoms with Crippen LogP contribution in [0, 0.1) is 11.3 Å². The highest BCUT2D eigenvalue weighted by atomic mass is 32.1. The third-order valence-corrected chi connectivity index (χ3v) is 6.60. The highest BCUT2D eigenvalue weighted by Gasteiger charge is 2.28. The molecule has 1 aliphatic carbocycles. The summed E-state index contributed by atoms with van der Waals surface area (Å²) in [6.45, 7) is 0.327. The third kappa shape index (κ3) is 5.20. The topological polar surface area (TPSA) is 117 Å². The van der Waals surface area contributed by atoms with Crippen molar-refractivity contribution in [1.82, 2.24) is 10.3 Å². The fourth-order valence-corrected chi connectivity index (χ4v) is 5.06. The van der Waals surface area contributed by atoms with Crippen LogP contribution >= 0.6 is 22.7 Å². The average molecular weight is 455 g/mol. The van der Waals surface area contributed by atoms with E-state index in [1.807, 2.05) is 5.38 Å². The molecule has 0 radical (unpaired) electrons. The Morgan fingerprint density at radius 1 is 1.45 bits per heavy atom. The van der Waals surface area contributed by atoms with Crippen LogP contribution in [-0.2, 0) is 28.9 Å². The lowest BCUT2D eigenvalue weighted by atomic mass is 9.94. The summed E-state index contributed by atoms with van der Waals surface area (Å²) in [5.74, 6) is 0.218. The Bertz CT molecular complexity index is 1130. The van der Waals surface area contributed by atoms with Gasteiger partial charge in [0.1, 0.15) is 27.9 Å². The molecule has 2 amide bonds. The normalized spacial score (nSPS) is 15.3. The molecule has 0 fully saturated rings. The minimum Gasteiger partial charge on any atom is -0.465 e. The van der Waals surface area contributed by atoms with Crippen LogP contribution in [0.15, 0.2) is 40.5 Å². The number of nitriles is 1. The first-order valence-corrected chi connectivity index (χ1v) is 11.2. The number of aromatic nitrogens is 1. The summed E-state index contributed by atoms with van der Waals surface area (Å²) in [7, 11) is 0. The lowest BCUT2D eigenvalue weighted by Crippen LogP contribution is -2.31. The number of fused-ring (bicyclic) bond motifs is 1. The second-order valence-electron chi connectivity index (χ2n) is 6.71. The molecule has 0 aliphatic heterocycles. The van der Waals surface area contributed by atoms with E-state index in [0.717, 1.165) is 15.4 Å². The molecule has 1 atom stereocenters. The van der Waals surface area contributed by atoms with Gasteiger partial charge in [0.05, 0.1) is 18.4 Å². The quantitative estimate of drug-likeness (QED) is 0.542. The number of amides is 2. The van der Waals surface area contributed by atoms with E-state index >= 15 is 0 Å². The molecule has 10 heteroatoms. The Labute approximate surface area is 186 Å². The molecule has 0 saturated heterocycles. The van der Waals surface area contributed by atoms with E-state index in [1.165, 1.54) is 35.0 Å². The number of hydrogen-bond acceptors (Lipinski definition) is 8. The summed E-state index contributed by atoms with van der Waals surface area (Å²) >= 11 is 2.81. The SMILES string of the molecule is N#Cc1c(NC(=O)/C=C/c2ccco2)sc2c1CCC(OC(=O)NCc1nccs1)C2. The molecule has 158 valence electrons. The van der Waals surface area contributed by atoms with Crippen LogP contribution in [0.25, 0.3) is 6.08 Å². The van der Waals surface area contributed by atoms with Gasteiger partial charge in [-0.05, 0) is 36.6 Å². The van der Waals surface area contributed by atoms with Gasteiger partial charge >= 0.3 is 6.09 Å². The van der Waals surface area contributed by atoms with Gasteiger partial charge in [-0.15, -0.1) is 22.7 Å². The van der Waals surface area contributed by atoms with Crippen LogP contribution in [0.1, 0.15) is 33.2 Å². The first-order chi connectivity index (χ1) is 15.1. The zero-order valence-corrected chi connectivity index (χ0v) is 17.9. The van der Waals surface area contributed by atoms with E-state index in [1.54, 1.807) is 24.4 Å². The zero-order chi connectivity index (χ0) is 21.6. The maximum atomic E-state index is 12.2. The van der Waals surface area contributed by atoms with E-state index in [-0.39, 0.29) is 12.0 Å². The van der Waals surface area contributed by atoms with Gasteiger partial charge in [-0.3, -0.25) is 4.79 Å². The highest BCUT2D eigenvalue weighted by molar-refractivity contribution is 7.16. The summed E-state index contributed by atoms with van der Waals surface area (Å²) in [5.41, 5.74) is 1.40. The van der Waals surface area contributed by atoms with Crippen LogP contribution in [0.5, 0.6) is 0 Å². The van der Waals surface area contributed by atoms with Crippen LogP contribution < -0.4 is 10.6 Å². The van der Waals surface area contributed by atoms with Crippen LogP contribution in [0.3, 0.4) is 0 Å². The monoisotopic (exact) mass is 454 g/mol. The smallest absolute Gasteiger partial charge is 0.407 e. The lowest BCUT2D eigenvalue weighted by Gasteiger charge is -2.22. The Morgan fingerprint density at radius 2 is 2.35 bits per heavy atom. The van der Waals surface area contributed by atoms with E-state index in [0.29, 0.717) is 42.1 Å². The number of nitrogens with zero attached hydrogens (tertiary/aromatic N) is 2. The molecule has 0 saturated carbocycles. The number of anilines is 1. The molecule has 2 N–H and O–H groups in total. The van der Waals surface area contributed by atoms with Gasteiger partial charge in [-0.2, -0.15) is 5.26 Å². The fraction of sp³-hybridized carbons (Fsp3) is 0.238. The molecule has 8 nitrogen and oxygen atoms in total. The molecule has 4 rings (SSSR count). The number of rotatable bonds is 6. The average Bonchev–Trinajstić information content (AvgIpc) is 3.51. The lowest BCUT2D eigenvalue weighted by molar-refractivity contribution is -0.111. The Kier molecular flexibility index (Phi) is 6.45. The number of carbonyl (C=O) groups excluding carboxylic acids is 2. The minimum atomic E-state index is -0.489. The molecule has 3 aromatic rings. The Hall–Kier alpha value is -3.42. The highest BCUT2D eigenvalue weighted by Crippen LogP contribution is 2.38. The van der Waals surface area contributed by atoms with Gasteiger partial charge in [0, 0.05) is 29.0 Å². The van der Waals surface area contributed by atoms with Crippen molar-refractivity contribution in [3.63, 3.8) is 0 Å². The van der Waals surface area contributed by atoms with E-state index < -0.39 is 6.09 Å². The number of hydrogen-bond donors (Lipinski definition) is 2. The van der Waals surface area contributed by atoms with Gasteiger partial charge in [-0.25, -0.2) is 9.78 Å². The van der Waals surface area contributed by atoms with Gasteiger partial charge in [0.15, 0.2) is 0 Å². The summed E-state index contributed by atoms with van der Waals surface area (Å²) in [4.78, 5) is 29.4. The fourth-order valence-electron chi connectivity index (χ4n) is 3.24. The summed E-state index contributed by atoms with van der Waals surface area (Å²) in [6.07, 6.45) is 7.09. The molecule has 1 aliphatic rings. The van der Waals surface area contributed by atoms with Crippen molar-refractivity contribution < 1.29 is 18.7 Å². The van der Waals surface area contributed by atoms with Gasteiger partial charge in [0.2, 0.25) is 5.91 Å². The van der Waals surface area contributed by atoms with Crippen LogP contribution in [-0.4, -0.2) is 23.1 Å². The molecule has 0 aromatic carbocycles. The molecule has 3 heterocycles. The van der Waals surface area contributed by atoms with Gasteiger partial charge in [-0.1, -0.05) is 0 Å². The number of furan rings is 1. The van der Waals surface area contributed by atoms with Crippen molar-refractivity contribution in [2.75, 3.05) is 5.32 Å². The predicted molar refractivity (Wildman–Crippen MR) is 117 cm³/mol. The second-order valence-corrected chi connectivity index (χ2v) is 8.79. The van der Waals surface area contributed by atoms with Gasteiger partial charge in [0.25, 0.3) is 0 Å². The molecule has 0 bridgehead atoms. The van der Waals surface area contributed by atoms with Crippen molar-refractivity contribution in [1.29, 1.82) is 5.26 Å². The summed E-state index contributed by atoms with van der Waals surface area (Å²) in [6, 6.07) is 5.67. The molecular weight excluding hydrogens is 436 g/mol. The third-order valence-electron chi connectivity index (χ3n) is 4.65. The van der Waals surface area contributed by atoms with Crippen LogP contribution in [0.4, 0.5) is 9.80 Å². The predicted octanol–water partition coefficient (Wildman–Crippen LogP) is 4.10. The molecule has 1 unspecified atom stereocenters. The Balaban J connectivity index is 1.37. The van der Waals surface area contributed by atoms with Crippen molar-refractivity contribution in [3.05, 3.63) is 62.8 Å². The van der Waals surface area contributed by atoms with E-state index in [4.69, 9.17) is 9.15 Å². The van der Waals surface area contributed by atoms with Crippen molar-refractivity contribution in [2.45, 2.75) is 31.9 Å². The number of alkyl carbamates (subject to hydrolysis) is 1. The van der Waals surface area contributed by atoms with E-state index in [2.05, 4.69) is 21.7 Å². The summed E-state index contributed by atoms with van der Waals surface area (Å²) in [5, 5.41) is 18.2. The van der Waals surface area contributed by atoms with Crippen molar-refractivity contribution >= 4 is 45.8 Å². The molecule has 31 heavy (non-hydrogen) atoms. The molecule has 0 spiro atoms. The largest absolute Gasteiger partial charge is 0.465 e. The first kappa shape index (κ1) is 20.8. The van der Waals surface area contributed by atoms with E-state index in [9.17, 15) is 14.9 Å². The number of nitrogens with one attached hydrogen (secondary N) is 2. The zero-order valence-electron chi connectivity index (χ0n) is 16.3.